The molecule has 5 aliphatic rings. The van der Waals surface area contributed by atoms with Gasteiger partial charge in [-0.05, 0) is 95.3 Å². The van der Waals surface area contributed by atoms with E-state index in [1.807, 2.05) is 12.1 Å². The molecule has 0 radical (unpaired) electrons. The van der Waals surface area contributed by atoms with Gasteiger partial charge < -0.3 is 14.2 Å². The number of carbonyl (C=O) groups excluding carboxylic acids is 1. The number of fused-ring (bicyclic) bond motifs is 1. The van der Waals surface area contributed by atoms with Crippen LogP contribution >= 0.6 is 45.2 Å². The van der Waals surface area contributed by atoms with Crippen molar-refractivity contribution in [3.05, 3.63) is 24.8 Å². The molecule has 1 heterocycles. The van der Waals surface area contributed by atoms with Crippen LogP contribution in [-0.4, -0.2) is 42.8 Å². The van der Waals surface area contributed by atoms with Gasteiger partial charge in [0.1, 0.15) is 5.75 Å². The molecule has 1 spiro atoms. The van der Waals surface area contributed by atoms with E-state index < -0.39 is 51.7 Å². The van der Waals surface area contributed by atoms with Crippen molar-refractivity contribution >= 4 is 61.3 Å². The molecule has 1 N–H and O–H groups in total. The summed E-state index contributed by atoms with van der Waals surface area (Å²) < 4.78 is 90.9. The summed E-state index contributed by atoms with van der Waals surface area (Å²) in [5.74, 6) is -0.457. The average molecular weight is 742 g/mol. The quantitative estimate of drug-likeness (QED) is 0.247. The minimum Gasteiger partial charge on any atom is -0.465 e. The molecular weight excluding hydrogens is 719 g/mol. The summed E-state index contributed by atoms with van der Waals surface area (Å²) in [6, 6.07) is 4.05. The predicted octanol–water partition coefficient (Wildman–Crippen LogP) is 5.08. The predicted molar refractivity (Wildman–Crippen MR) is 133 cm³/mol. The molecule has 4 aliphatic carbocycles. The number of halogens is 5. The van der Waals surface area contributed by atoms with E-state index in [1.54, 1.807) is 0 Å². The van der Waals surface area contributed by atoms with Gasteiger partial charge in [0.05, 0.1) is 18.6 Å². The number of rotatable bonds is 6. The molecule has 3 atom stereocenters. The van der Waals surface area contributed by atoms with E-state index in [9.17, 15) is 26.4 Å². The van der Waals surface area contributed by atoms with Gasteiger partial charge in [-0.3, -0.25) is 9.35 Å². The molecule has 1 aromatic carbocycles. The molecule has 0 aromatic heterocycles. The number of hydrogen-bond acceptors (Lipinski definition) is 6. The van der Waals surface area contributed by atoms with E-state index in [1.165, 1.54) is 0 Å². The summed E-state index contributed by atoms with van der Waals surface area (Å²) in [5, 5.41) is -4.96. The molecular formula is C22H23F3I2O7S. The first-order valence-electron chi connectivity index (χ1n) is 11.2. The van der Waals surface area contributed by atoms with E-state index in [2.05, 4.69) is 45.2 Å². The Bertz CT molecular complexity index is 1150. The number of esters is 1. The highest BCUT2D eigenvalue weighted by Crippen LogP contribution is 2.66. The lowest BCUT2D eigenvalue weighted by molar-refractivity contribution is -0.326. The topological polar surface area (TPSA) is 99.1 Å². The zero-order chi connectivity index (χ0) is 25.4. The molecule has 6 rings (SSSR count). The van der Waals surface area contributed by atoms with Crippen LogP contribution in [0.15, 0.2) is 12.1 Å². The number of benzene rings is 1. The minimum absolute atomic E-state index is 0.0517. The van der Waals surface area contributed by atoms with Crippen molar-refractivity contribution in [2.24, 2.45) is 23.2 Å². The fourth-order valence-electron chi connectivity index (χ4n) is 6.49. The lowest BCUT2D eigenvalue weighted by Gasteiger charge is -2.63. The van der Waals surface area contributed by atoms with E-state index in [0.29, 0.717) is 25.9 Å². The third-order valence-corrected chi connectivity index (χ3v) is 11.7. The first-order valence-corrected chi connectivity index (χ1v) is 14.8. The summed E-state index contributed by atoms with van der Waals surface area (Å²) in [5.41, 5.74) is 0.151. The van der Waals surface area contributed by atoms with Gasteiger partial charge in [0.15, 0.2) is 6.17 Å². The van der Waals surface area contributed by atoms with Gasteiger partial charge in [0.25, 0.3) is 0 Å². The van der Waals surface area contributed by atoms with Crippen LogP contribution in [0, 0.1) is 30.3 Å². The number of ether oxygens (including phenoxy) is 3. The highest BCUT2D eigenvalue weighted by atomic mass is 127. The van der Waals surface area contributed by atoms with Gasteiger partial charge in [-0.2, -0.15) is 17.2 Å². The SMILES string of the molecule is O=C(OCCC(F)C(F)(F)S(=O)(=O)O)C12CC3CC(C1)C1(OCc4cc(I)c(I)cc4O1)C(C3)C2. The highest BCUT2D eigenvalue weighted by Gasteiger charge is 2.68. The zero-order valence-corrected chi connectivity index (χ0v) is 23.4. The Labute approximate surface area is 227 Å². The van der Waals surface area contributed by atoms with Gasteiger partial charge in [0, 0.05) is 31.0 Å². The van der Waals surface area contributed by atoms with Crippen molar-refractivity contribution in [2.75, 3.05) is 6.61 Å². The minimum atomic E-state index is -5.91. The van der Waals surface area contributed by atoms with Crippen molar-refractivity contribution < 1.29 is 45.1 Å². The summed E-state index contributed by atoms with van der Waals surface area (Å²) in [6.07, 6.45) is -1.05. The Kier molecular flexibility index (Phi) is 6.62. The van der Waals surface area contributed by atoms with Crippen molar-refractivity contribution in [3.63, 3.8) is 0 Å². The lowest BCUT2D eigenvalue weighted by atomic mass is 9.47. The third-order valence-electron chi connectivity index (χ3n) is 7.90. The normalized spacial score (nSPS) is 34.4. The van der Waals surface area contributed by atoms with Crippen LogP contribution in [0.1, 0.15) is 44.1 Å². The van der Waals surface area contributed by atoms with E-state index in [0.717, 1.165) is 31.3 Å². The second kappa shape index (κ2) is 8.83. The fourth-order valence-corrected chi connectivity index (χ4v) is 7.90. The fraction of sp³-hybridized carbons (Fsp3) is 0.682. The van der Waals surface area contributed by atoms with Gasteiger partial charge in [0.2, 0.25) is 5.79 Å². The van der Waals surface area contributed by atoms with E-state index in [-0.39, 0.29) is 17.8 Å². The average Bonchev–Trinajstić information content (AvgIpc) is 2.77. The van der Waals surface area contributed by atoms with Crippen LogP contribution in [0.2, 0.25) is 0 Å². The first-order chi connectivity index (χ1) is 16.3. The van der Waals surface area contributed by atoms with Crippen LogP contribution in [-0.2, 0) is 31.0 Å². The Morgan fingerprint density at radius 1 is 1.20 bits per heavy atom. The molecule has 0 saturated heterocycles. The molecule has 7 nitrogen and oxygen atoms in total. The Morgan fingerprint density at radius 3 is 2.46 bits per heavy atom. The van der Waals surface area contributed by atoms with Crippen LogP contribution < -0.4 is 4.74 Å². The third kappa shape index (κ3) is 4.28. The van der Waals surface area contributed by atoms with Gasteiger partial charge in [-0.25, -0.2) is 4.39 Å². The first kappa shape index (κ1) is 26.2. The highest BCUT2D eigenvalue weighted by molar-refractivity contribution is 14.1. The zero-order valence-electron chi connectivity index (χ0n) is 18.3. The molecule has 1 aliphatic heterocycles. The maximum atomic E-state index is 13.8. The number of alkyl halides is 3. The van der Waals surface area contributed by atoms with Crippen molar-refractivity contribution in [2.45, 2.75) is 62.3 Å². The molecule has 1 aromatic rings. The second-order valence-corrected chi connectivity index (χ2v) is 13.9. The Balaban J connectivity index is 1.28. The maximum absolute atomic E-state index is 13.8. The Morgan fingerprint density at radius 2 is 1.83 bits per heavy atom. The summed E-state index contributed by atoms with van der Waals surface area (Å²) in [7, 11) is -5.91. The maximum Gasteiger partial charge on any atom is 0.400 e. The smallest absolute Gasteiger partial charge is 0.400 e. The van der Waals surface area contributed by atoms with E-state index >= 15 is 0 Å². The summed E-state index contributed by atoms with van der Waals surface area (Å²) in [6.45, 7) is -0.299. The lowest BCUT2D eigenvalue weighted by Crippen LogP contribution is -2.67. The Hall–Kier alpha value is -0.390. The number of hydrogen-bond donors (Lipinski definition) is 1. The van der Waals surface area contributed by atoms with Gasteiger partial charge >= 0.3 is 21.3 Å². The van der Waals surface area contributed by atoms with Crippen LogP contribution in [0.3, 0.4) is 0 Å². The van der Waals surface area contributed by atoms with Gasteiger partial charge in [-0.1, -0.05) is 0 Å². The summed E-state index contributed by atoms with van der Waals surface area (Å²) >= 11 is 4.53. The standard InChI is InChI=1S/C22H23F3I2O7S/c23-18(22(24,25)35(29,30)31)1-2-32-19(28)20-7-11-3-13(8-20)21(14(4-11)9-20)33-10-12-5-15(26)16(27)6-17(12)34-21/h5-6,11,13-14,18H,1-4,7-10H2,(H,29,30,31). The molecule has 194 valence electrons. The van der Waals surface area contributed by atoms with Crippen molar-refractivity contribution in [3.8, 4) is 5.75 Å². The second-order valence-electron chi connectivity index (χ2n) is 10.0. The molecule has 4 saturated carbocycles. The molecule has 35 heavy (non-hydrogen) atoms. The van der Waals surface area contributed by atoms with Crippen LogP contribution in [0.4, 0.5) is 13.2 Å². The summed E-state index contributed by atoms with van der Waals surface area (Å²) in [4.78, 5) is 13.1. The van der Waals surface area contributed by atoms with Crippen molar-refractivity contribution in [1.29, 1.82) is 0 Å². The van der Waals surface area contributed by atoms with E-state index in [4.69, 9.17) is 18.8 Å². The molecule has 13 heteroatoms. The van der Waals surface area contributed by atoms with Crippen LogP contribution in [0.25, 0.3) is 0 Å². The largest absolute Gasteiger partial charge is 0.465 e. The molecule has 4 bridgehead atoms. The van der Waals surface area contributed by atoms with Crippen molar-refractivity contribution in [1.82, 2.24) is 0 Å². The van der Waals surface area contributed by atoms with Crippen LogP contribution in [0.5, 0.6) is 5.75 Å². The number of carbonyl (C=O) groups is 1. The van der Waals surface area contributed by atoms with Gasteiger partial charge in [-0.15, -0.1) is 0 Å². The molecule has 4 fully saturated rings. The monoisotopic (exact) mass is 742 g/mol. The molecule has 0 amide bonds. The molecule has 3 unspecified atom stereocenters.